The number of rotatable bonds is 10. The number of carbonyl (C=O) groups is 1. The molecule has 1 unspecified atom stereocenters. The highest BCUT2D eigenvalue weighted by Gasteiger charge is 2.48. The van der Waals surface area contributed by atoms with Crippen LogP contribution in [0.3, 0.4) is 0 Å². The van der Waals surface area contributed by atoms with Crippen molar-refractivity contribution < 1.29 is 18.0 Å². The highest BCUT2D eigenvalue weighted by Crippen LogP contribution is 2.40. The molecular formula is C27H36F3N5O. The molecule has 1 atom stereocenters. The van der Waals surface area contributed by atoms with Crippen LogP contribution in [-0.4, -0.2) is 40.8 Å². The summed E-state index contributed by atoms with van der Waals surface area (Å²) in [6.07, 6.45) is 2.68. The van der Waals surface area contributed by atoms with Crippen LogP contribution in [0.2, 0.25) is 0 Å². The van der Waals surface area contributed by atoms with E-state index in [4.69, 9.17) is 5.10 Å². The van der Waals surface area contributed by atoms with Gasteiger partial charge in [0, 0.05) is 42.4 Å². The molecular weight excluding hydrogens is 467 g/mol. The molecule has 3 rings (SSSR count). The molecule has 1 aliphatic heterocycles. The third kappa shape index (κ3) is 6.17. The van der Waals surface area contributed by atoms with E-state index in [1.807, 2.05) is 31.2 Å². The zero-order chi connectivity index (χ0) is 26.3. The van der Waals surface area contributed by atoms with Crippen molar-refractivity contribution in [1.29, 1.82) is 0 Å². The summed E-state index contributed by atoms with van der Waals surface area (Å²) < 4.78 is 44.2. The van der Waals surface area contributed by atoms with Crippen LogP contribution in [0, 0.1) is 5.92 Å². The Bertz CT molecular complexity index is 1150. The maximum atomic E-state index is 14.2. The van der Waals surface area contributed by atoms with Gasteiger partial charge in [-0.15, -0.1) is 5.10 Å². The molecule has 2 aromatic rings. The third-order valence-electron chi connectivity index (χ3n) is 6.29. The first-order valence-corrected chi connectivity index (χ1v) is 12.8. The molecule has 0 spiro atoms. The van der Waals surface area contributed by atoms with Crippen molar-refractivity contribution in [2.24, 2.45) is 10.9 Å². The summed E-state index contributed by atoms with van der Waals surface area (Å²) in [5.74, 6) is -1.99. The minimum absolute atomic E-state index is 0.0596. The third-order valence-corrected chi connectivity index (χ3v) is 6.29. The van der Waals surface area contributed by atoms with E-state index in [0.717, 1.165) is 55.5 Å². The lowest BCUT2D eigenvalue weighted by molar-refractivity contribution is -0.169. The molecule has 0 aliphatic carbocycles. The van der Waals surface area contributed by atoms with Crippen molar-refractivity contribution in [3.8, 4) is 0 Å². The second kappa shape index (κ2) is 12.2. The van der Waals surface area contributed by atoms with E-state index in [1.54, 1.807) is 17.7 Å². The molecule has 1 N–H and O–H groups in total. The summed E-state index contributed by atoms with van der Waals surface area (Å²) in [4.78, 5) is 18.6. The number of aromatic nitrogens is 2. The van der Waals surface area contributed by atoms with Crippen LogP contribution in [0.25, 0.3) is 16.6 Å². The SMILES string of the molecule is CC/C=C/N=C1\NC(=O)CC(C(F)(F)F)\C1=C(\C)n1nc(N(CCC)CCCCC)c2ccccc21. The molecule has 0 bridgehead atoms. The fourth-order valence-electron chi connectivity index (χ4n) is 4.54. The molecule has 0 saturated carbocycles. The number of nitrogens with zero attached hydrogens (tertiary/aromatic N) is 4. The van der Waals surface area contributed by atoms with Gasteiger partial charge < -0.3 is 10.2 Å². The van der Waals surface area contributed by atoms with Crippen LogP contribution < -0.4 is 10.2 Å². The zero-order valence-electron chi connectivity index (χ0n) is 21.5. The van der Waals surface area contributed by atoms with Gasteiger partial charge in [-0.1, -0.05) is 51.8 Å². The number of unbranched alkanes of at least 4 members (excludes halogenated alkanes) is 2. The van der Waals surface area contributed by atoms with Gasteiger partial charge in [0.1, 0.15) is 5.84 Å². The number of halogens is 3. The number of alkyl halides is 3. The van der Waals surface area contributed by atoms with Gasteiger partial charge in [0.2, 0.25) is 5.91 Å². The van der Waals surface area contributed by atoms with E-state index in [9.17, 15) is 18.0 Å². The van der Waals surface area contributed by atoms with Gasteiger partial charge in [0.25, 0.3) is 0 Å². The molecule has 1 aromatic carbocycles. The summed E-state index contributed by atoms with van der Waals surface area (Å²) in [7, 11) is 0. The lowest BCUT2D eigenvalue weighted by Crippen LogP contribution is -2.46. The monoisotopic (exact) mass is 503 g/mol. The van der Waals surface area contributed by atoms with E-state index in [2.05, 4.69) is 29.1 Å². The van der Waals surface area contributed by atoms with Gasteiger partial charge in [0.05, 0.1) is 11.4 Å². The number of para-hydroxylation sites is 1. The summed E-state index contributed by atoms with van der Waals surface area (Å²) in [5, 5.41) is 8.31. The van der Waals surface area contributed by atoms with E-state index in [0.29, 0.717) is 12.1 Å². The Morgan fingerprint density at radius 2 is 1.94 bits per heavy atom. The fraction of sp³-hybridized carbons (Fsp3) is 0.519. The molecule has 196 valence electrons. The predicted octanol–water partition coefficient (Wildman–Crippen LogP) is 6.69. The zero-order valence-corrected chi connectivity index (χ0v) is 21.5. The Morgan fingerprint density at radius 1 is 1.19 bits per heavy atom. The maximum absolute atomic E-state index is 14.2. The first-order chi connectivity index (χ1) is 17.2. The number of fused-ring (bicyclic) bond motifs is 1. The van der Waals surface area contributed by atoms with Crippen molar-refractivity contribution >= 4 is 34.2 Å². The topological polar surface area (TPSA) is 62.5 Å². The van der Waals surface area contributed by atoms with E-state index in [1.165, 1.54) is 6.20 Å². The number of nitrogens with one attached hydrogen (secondary N) is 1. The molecule has 0 radical (unpaired) electrons. The quantitative estimate of drug-likeness (QED) is 0.367. The number of carbonyl (C=O) groups excluding carboxylic acids is 1. The van der Waals surface area contributed by atoms with Crippen molar-refractivity contribution in [2.75, 3.05) is 18.0 Å². The Balaban J connectivity index is 2.23. The number of anilines is 1. The fourth-order valence-corrected chi connectivity index (χ4v) is 4.54. The van der Waals surface area contributed by atoms with Crippen LogP contribution in [0.15, 0.2) is 47.1 Å². The molecule has 6 nitrogen and oxygen atoms in total. The second-order valence-corrected chi connectivity index (χ2v) is 9.06. The molecule has 1 fully saturated rings. The second-order valence-electron chi connectivity index (χ2n) is 9.06. The van der Waals surface area contributed by atoms with Crippen molar-refractivity contribution in [2.45, 2.75) is 72.4 Å². The van der Waals surface area contributed by atoms with Crippen molar-refractivity contribution in [3.63, 3.8) is 0 Å². The maximum Gasteiger partial charge on any atom is 0.396 e. The molecule has 36 heavy (non-hydrogen) atoms. The Hall–Kier alpha value is -3.10. The Labute approximate surface area is 210 Å². The molecule has 1 saturated heterocycles. The van der Waals surface area contributed by atoms with Crippen LogP contribution in [-0.2, 0) is 4.79 Å². The number of allylic oxidation sites excluding steroid dienone is 2. The van der Waals surface area contributed by atoms with Crippen LogP contribution in [0.4, 0.5) is 19.0 Å². The molecule has 2 heterocycles. The highest BCUT2D eigenvalue weighted by atomic mass is 19.4. The van der Waals surface area contributed by atoms with Gasteiger partial charge in [-0.3, -0.25) is 4.79 Å². The number of hydrogen-bond donors (Lipinski definition) is 1. The predicted molar refractivity (Wildman–Crippen MR) is 140 cm³/mol. The largest absolute Gasteiger partial charge is 0.396 e. The van der Waals surface area contributed by atoms with Gasteiger partial charge in [-0.2, -0.15) is 13.2 Å². The number of amidine groups is 1. The minimum atomic E-state index is -4.61. The highest BCUT2D eigenvalue weighted by molar-refractivity contribution is 6.14. The van der Waals surface area contributed by atoms with Gasteiger partial charge in [0.15, 0.2) is 5.82 Å². The van der Waals surface area contributed by atoms with Gasteiger partial charge in [-0.05, 0) is 38.3 Å². The lowest BCUT2D eigenvalue weighted by Gasteiger charge is -2.30. The number of aliphatic imine (C=N–C) groups is 1. The summed E-state index contributed by atoms with van der Waals surface area (Å²) in [5.41, 5.74) is 0.958. The normalized spacial score (nSPS) is 19.4. The van der Waals surface area contributed by atoms with E-state index < -0.39 is 24.4 Å². The standard InChI is InChI=1S/C27H36F3N5O/c1-5-8-12-17-34(16-7-3)26-20-13-10-11-14-22(20)35(33-26)19(4)24-21(27(28,29)30)18-23(36)32-25(24)31-15-9-6-2/h9-11,13-15,21H,5-8,12,16-18H2,1-4H3,(H,31,32,36)/b15-9+,24-19+. The van der Waals surface area contributed by atoms with Crippen molar-refractivity contribution in [1.82, 2.24) is 15.1 Å². The molecule has 1 amide bonds. The molecule has 1 aliphatic rings. The average molecular weight is 504 g/mol. The van der Waals surface area contributed by atoms with Gasteiger partial charge in [-0.25, -0.2) is 9.67 Å². The Kier molecular flexibility index (Phi) is 9.34. The molecule has 9 heteroatoms. The smallest absolute Gasteiger partial charge is 0.355 e. The number of benzene rings is 1. The minimum Gasteiger partial charge on any atom is -0.355 e. The van der Waals surface area contributed by atoms with Gasteiger partial charge >= 0.3 is 6.18 Å². The number of amides is 1. The summed E-state index contributed by atoms with van der Waals surface area (Å²) in [6.45, 7) is 9.40. The first-order valence-electron chi connectivity index (χ1n) is 12.8. The lowest BCUT2D eigenvalue weighted by atomic mass is 9.88. The number of piperidine rings is 1. The van der Waals surface area contributed by atoms with Crippen LogP contribution >= 0.6 is 0 Å². The number of hydrogen-bond acceptors (Lipinski definition) is 4. The average Bonchev–Trinajstić information content (AvgIpc) is 3.22. The summed E-state index contributed by atoms with van der Waals surface area (Å²) in [6, 6.07) is 7.59. The van der Waals surface area contributed by atoms with Crippen LogP contribution in [0.5, 0.6) is 0 Å². The van der Waals surface area contributed by atoms with Crippen LogP contribution in [0.1, 0.15) is 66.2 Å². The van der Waals surface area contributed by atoms with E-state index >= 15 is 0 Å². The first kappa shape index (κ1) is 27.5. The van der Waals surface area contributed by atoms with E-state index in [-0.39, 0.29) is 11.4 Å². The Morgan fingerprint density at radius 3 is 2.61 bits per heavy atom. The van der Waals surface area contributed by atoms with Crippen molar-refractivity contribution in [3.05, 3.63) is 42.1 Å². The summed E-state index contributed by atoms with van der Waals surface area (Å²) >= 11 is 0. The molecule has 1 aromatic heterocycles.